The lowest BCUT2D eigenvalue weighted by Gasteiger charge is -2.32. The number of hydrogen-bond acceptors (Lipinski definition) is 4. The van der Waals surface area contributed by atoms with Gasteiger partial charge in [-0.3, -0.25) is 4.79 Å². The Labute approximate surface area is 153 Å². The number of hydrogen-bond donors (Lipinski definition) is 2. The number of nitrogens with zero attached hydrogens (tertiary/aromatic N) is 1. The highest BCUT2D eigenvalue weighted by Crippen LogP contribution is 2.17. The minimum Gasteiger partial charge on any atom is -0.379 e. The summed E-state index contributed by atoms with van der Waals surface area (Å²) >= 11 is 1.62. The number of piperidine rings is 1. The molecule has 0 radical (unpaired) electrons. The van der Waals surface area contributed by atoms with Crippen molar-refractivity contribution in [1.82, 2.24) is 15.5 Å². The third-order valence-electron chi connectivity index (χ3n) is 4.14. The van der Waals surface area contributed by atoms with Crippen molar-refractivity contribution in [3.63, 3.8) is 0 Å². The van der Waals surface area contributed by atoms with Crippen molar-refractivity contribution < 1.29 is 14.3 Å². The summed E-state index contributed by atoms with van der Waals surface area (Å²) in [7, 11) is 0. The number of likely N-dealkylation sites (tertiary alicyclic amines) is 1. The van der Waals surface area contributed by atoms with Gasteiger partial charge in [-0.25, -0.2) is 4.79 Å². The van der Waals surface area contributed by atoms with E-state index in [9.17, 15) is 9.59 Å². The monoisotopic (exact) mass is 367 g/mol. The van der Waals surface area contributed by atoms with Crippen LogP contribution in [0.2, 0.25) is 0 Å². The van der Waals surface area contributed by atoms with Crippen molar-refractivity contribution in [3.05, 3.63) is 22.4 Å². The number of urea groups is 1. The molecule has 6 nitrogen and oxygen atoms in total. The Morgan fingerprint density at radius 2 is 2.24 bits per heavy atom. The van der Waals surface area contributed by atoms with Crippen LogP contribution in [0, 0.1) is 5.92 Å². The summed E-state index contributed by atoms with van der Waals surface area (Å²) in [5.74, 6) is -0.0763. The standard InChI is InChI=1S/C18H29N3O3S/c1-14(2)24-10-5-8-19-17(22)15-6-3-9-21(13-15)18(23)20-12-16-7-4-11-25-16/h4,7,11,14-15H,3,5-6,8-10,12-13H2,1-2H3,(H,19,22)(H,20,23). The number of ether oxygens (including phenoxy) is 1. The van der Waals surface area contributed by atoms with E-state index in [4.69, 9.17) is 4.74 Å². The SMILES string of the molecule is CC(C)OCCCNC(=O)C1CCCN(C(=O)NCc2cccs2)C1. The van der Waals surface area contributed by atoms with Gasteiger partial charge in [0.1, 0.15) is 0 Å². The zero-order valence-electron chi connectivity index (χ0n) is 15.1. The molecule has 3 amide bonds. The molecule has 1 aliphatic heterocycles. The Hall–Kier alpha value is -1.60. The molecule has 1 aliphatic rings. The zero-order chi connectivity index (χ0) is 18.1. The first-order chi connectivity index (χ1) is 12.1. The van der Waals surface area contributed by atoms with Crippen LogP contribution < -0.4 is 10.6 Å². The lowest BCUT2D eigenvalue weighted by atomic mass is 9.97. The van der Waals surface area contributed by atoms with Gasteiger partial charge in [-0.1, -0.05) is 6.07 Å². The Bertz CT molecular complexity index is 534. The van der Waals surface area contributed by atoms with Crippen LogP contribution in [0.3, 0.4) is 0 Å². The summed E-state index contributed by atoms with van der Waals surface area (Å²) in [4.78, 5) is 27.5. The van der Waals surface area contributed by atoms with E-state index in [1.54, 1.807) is 16.2 Å². The average Bonchev–Trinajstić information content (AvgIpc) is 3.12. The summed E-state index contributed by atoms with van der Waals surface area (Å²) in [5.41, 5.74) is 0. The molecule has 25 heavy (non-hydrogen) atoms. The molecule has 0 aliphatic carbocycles. The molecule has 1 aromatic heterocycles. The Kier molecular flexibility index (Phi) is 8.21. The van der Waals surface area contributed by atoms with Crippen LogP contribution in [-0.4, -0.2) is 49.2 Å². The maximum absolute atomic E-state index is 12.3. The molecule has 0 saturated carbocycles. The normalized spacial score (nSPS) is 17.6. The van der Waals surface area contributed by atoms with E-state index in [1.165, 1.54) is 0 Å². The van der Waals surface area contributed by atoms with Crippen LogP contribution in [0.1, 0.15) is 38.0 Å². The first-order valence-corrected chi connectivity index (χ1v) is 9.88. The summed E-state index contributed by atoms with van der Waals surface area (Å²) in [6.07, 6.45) is 2.72. The summed E-state index contributed by atoms with van der Waals surface area (Å²) in [5, 5.41) is 7.89. The van der Waals surface area contributed by atoms with Gasteiger partial charge in [-0.15, -0.1) is 11.3 Å². The van der Waals surface area contributed by atoms with E-state index >= 15 is 0 Å². The maximum atomic E-state index is 12.3. The minimum absolute atomic E-state index is 0.0419. The summed E-state index contributed by atoms with van der Waals surface area (Å²) in [6, 6.07) is 3.89. The molecule has 1 fully saturated rings. The molecule has 1 saturated heterocycles. The lowest BCUT2D eigenvalue weighted by Crippen LogP contribution is -2.48. The Balaban J connectivity index is 1.68. The molecule has 0 bridgehead atoms. The lowest BCUT2D eigenvalue weighted by molar-refractivity contribution is -0.126. The molecule has 0 aromatic carbocycles. The first-order valence-electron chi connectivity index (χ1n) is 9.00. The molecule has 140 valence electrons. The first kappa shape index (κ1) is 19.7. The van der Waals surface area contributed by atoms with E-state index in [1.807, 2.05) is 31.4 Å². The van der Waals surface area contributed by atoms with Crippen LogP contribution in [0.4, 0.5) is 4.79 Å². The molecular formula is C18H29N3O3S. The second-order valence-corrected chi connectivity index (χ2v) is 7.62. The number of thiophene rings is 1. The van der Waals surface area contributed by atoms with Crippen molar-refractivity contribution in [1.29, 1.82) is 0 Å². The molecule has 1 unspecified atom stereocenters. The van der Waals surface area contributed by atoms with Crippen molar-refractivity contribution in [2.75, 3.05) is 26.2 Å². The fourth-order valence-electron chi connectivity index (χ4n) is 2.81. The van der Waals surface area contributed by atoms with Crippen molar-refractivity contribution in [3.8, 4) is 0 Å². The van der Waals surface area contributed by atoms with Gasteiger partial charge in [-0.05, 0) is 44.6 Å². The number of amides is 3. The number of rotatable bonds is 8. The van der Waals surface area contributed by atoms with Gasteiger partial charge in [0.05, 0.1) is 18.6 Å². The van der Waals surface area contributed by atoms with Gasteiger partial charge >= 0.3 is 6.03 Å². The second kappa shape index (κ2) is 10.4. The van der Waals surface area contributed by atoms with E-state index < -0.39 is 0 Å². The van der Waals surface area contributed by atoms with Gasteiger partial charge in [0.15, 0.2) is 0 Å². The molecule has 1 atom stereocenters. The van der Waals surface area contributed by atoms with Crippen LogP contribution in [-0.2, 0) is 16.1 Å². The van der Waals surface area contributed by atoms with E-state index in [0.717, 1.165) is 24.1 Å². The Morgan fingerprint density at radius 1 is 1.40 bits per heavy atom. The minimum atomic E-state index is -0.118. The topological polar surface area (TPSA) is 70.7 Å². The quantitative estimate of drug-likeness (QED) is 0.694. The van der Waals surface area contributed by atoms with Crippen LogP contribution >= 0.6 is 11.3 Å². The molecule has 2 N–H and O–H groups in total. The van der Waals surface area contributed by atoms with Gasteiger partial charge in [0.25, 0.3) is 0 Å². The van der Waals surface area contributed by atoms with E-state index in [2.05, 4.69) is 10.6 Å². The maximum Gasteiger partial charge on any atom is 0.317 e. The van der Waals surface area contributed by atoms with E-state index in [-0.39, 0.29) is 24.0 Å². The van der Waals surface area contributed by atoms with Gasteiger partial charge in [-0.2, -0.15) is 0 Å². The molecule has 0 spiro atoms. The largest absolute Gasteiger partial charge is 0.379 e. The average molecular weight is 368 g/mol. The molecule has 2 rings (SSSR count). The fourth-order valence-corrected chi connectivity index (χ4v) is 3.46. The third-order valence-corrected chi connectivity index (χ3v) is 5.02. The third kappa shape index (κ3) is 7.04. The summed E-state index contributed by atoms with van der Waals surface area (Å²) in [6.45, 7) is 7.01. The number of carbonyl (C=O) groups is 2. The molecule has 2 heterocycles. The Morgan fingerprint density at radius 3 is 2.96 bits per heavy atom. The predicted octanol–water partition coefficient (Wildman–Crippen LogP) is 2.60. The highest BCUT2D eigenvalue weighted by atomic mass is 32.1. The van der Waals surface area contributed by atoms with Crippen molar-refractivity contribution in [2.24, 2.45) is 5.92 Å². The molecular weight excluding hydrogens is 338 g/mol. The smallest absolute Gasteiger partial charge is 0.317 e. The van der Waals surface area contributed by atoms with Gasteiger partial charge in [0.2, 0.25) is 5.91 Å². The number of carbonyl (C=O) groups excluding carboxylic acids is 2. The summed E-state index contributed by atoms with van der Waals surface area (Å²) < 4.78 is 5.46. The van der Waals surface area contributed by atoms with Gasteiger partial charge in [0, 0.05) is 31.1 Å². The van der Waals surface area contributed by atoms with Crippen LogP contribution in [0.15, 0.2) is 17.5 Å². The fraction of sp³-hybridized carbons (Fsp3) is 0.667. The van der Waals surface area contributed by atoms with Crippen molar-refractivity contribution in [2.45, 2.75) is 45.8 Å². The predicted molar refractivity (Wildman–Crippen MR) is 99.6 cm³/mol. The highest BCUT2D eigenvalue weighted by Gasteiger charge is 2.28. The highest BCUT2D eigenvalue weighted by molar-refractivity contribution is 7.09. The molecule has 1 aromatic rings. The van der Waals surface area contributed by atoms with Gasteiger partial charge < -0.3 is 20.3 Å². The van der Waals surface area contributed by atoms with Crippen LogP contribution in [0.25, 0.3) is 0 Å². The van der Waals surface area contributed by atoms with E-state index in [0.29, 0.717) is 32.8 Å². The molecule has 7 heteroatoms. The zero-order valence-corrected chi connectivity index (χ0v) is 15.9. The van der Waals surface area contributed by atoms with Crippen LogP contribution in [0.5, 0.6) is 0 Å². The number of nitrogens with one attached hydrogen (secondary N) is 2. The second-order valence-electron chi connectivity index (χ2n) is 6.59. The van der Waals surface area contributed by atoms with Crippen molar-refractivity contribution >= 4 is 23.3 Å².